The van der Waals surface area contributed by atoms with Gasteiger partial charge >= 0.3 is 0 Å². The quantitative estimate of drug-likeness (QED) is 0.744. The van der Waals surface area contributed by atoms with Crippen molar-refractivity contribution in [3.05, 3.63) is 57.5 Å². The molecule has 0 aliphatic carbocycles. The maximum atomic E-state index is 12.8. The van der Waals surface area contributed by atoms with Gasteiger partial charge in [0.15, 0.2) is 0 Å². The Bertz CT molecular complexity index is 1020. The maximum Gasteiger partial charge on any atom is 0.254 e. The van der Waals surface area contributed by atoms with E-state index in [-0.39, 0.29) is 23.8 Å². The van der Waals surface area contributed by atoms with E-state index in [4.69, 9.17) is 4.98 Å². The number of carbonyl (C=O) groups is 1. The number of benzene rings is 1. The topological polar surface area (TPSA) is 94.7 Å². The summed E-state index contributed by atoms with van der Waals surface area (Å²) >= 11 is 0. The average Bonchev–Trinajstić information content (AvgIpc) is 3.09. The summed E-state index contributed by atoms with van der Waals surface area (Å²) in [5.74, 6) is 1.65. The van der Waals surface area contributed by atoms with Gasteiger partial charge in [-0.15, -0.1) is 0 Å². The summed E-state index contributed by atoms with van der Waals surface area (Å²) in [5.41, 5.74) is 2.82. The molecule has 1 aromatic carbocycles. The number of aromatic nitrogens is 4. The first-order chi connectivity index (χ1) is 13.0. The van der Waals surface area contributed by atoms with Gasteiger partial charge in [-0.05, 0) is 38.8 Å². The third kappa shape index (κ3) is 3.49. The first-order valence-electron chi connectivity index (χ1n) is 9.30. The Morgan fingerprint density at radius 2 is 2.04 bits per heavy atom. The maximum absolute atomic E-state index is 12.8. The normalized spacial score (nSPS) is 17.4. The number of hydrogen-bond acceptors (Lipinski definition) is 4. The van der Waals surface area contributed by atoms with Gasteiger partial charge in [-0.1, -0.05) is 12.1 Å². The fourth-order valence-electron chi connectivity index (χ4n) is 3.82. The Labute approximate surface area is 156 Å². The van der Waals surface area contributed by atoms with Gasteiger partial charge in [0, 0.05) is 30.3 Å². The van der Waals surface area contributed by atoms with Gasteiger partial charge in [0.25, 0.3) is 5.56 Å². The molecular weight excluding hydrogens is 342 g/mol. The predicted molar refractivity (Wildman–Crippen MR) is 103 cm³/mol. The van der Waals surface area contributed by atoms with Crippen LogP contribution in [0.5, 0.6) is 0 Å². The van der Waals surface area contributed by atoms with Gasteiger partial charge in [0.2, 0.25) is 5.91 Å². The van der Waals surface area contributed by atoms with Crippen molar-refractivity contribution in [3.8, 4) is 0 Å². The second kappa shape index (κ2) is 6.98. The van der Waals surface area contributed by atoms with Crippen molar-refractivity contribution in [2.45, 2.75) is 39.0 Å². The van der Waals surface area contributed by atoms with Crippen LogP contribution in [0.4, 0.5) is 0 Å². The number of imidazole rings is 1. The molecule has 140 valence electrons. The number of fused-ring (bicyclic) bond motifs is 1. The molecular formula is C20H23N5O2. The van der Waals surface area contributed by atoms with E-state index >= 15 is 0 Å². The van der Waals surface area contributed by atoms with Crippen LogP contribution < -0.4 is 5.56 Å². The highest BCUT2D eigenvalue weighted by Crippen LogP contribution is 2.27. The second-order valence-electron chi connectivity index (χ2n) is 7.21. The molecule has 0 radical (unpaired) electrons. The number of piperidine rings is 1. The minimum atomic E-state index is -0.223. The summed E-state index contributed by atoms with van der Waals surface area (Å²) in [6, 6.07) is 7.95. The number of para-hydroxylation sites is 2. The third-order valence-corrected chi connectivity index (χ3v) is 5.24. The lowest BCUT2D eigenvalue weighted by atomic mass is 9.96. The second-order valence-corrected chi connectivity index (χ2v) is 7.21. The molecule has 1 aliphatic rings. The number of nitrogens with zero attached hydrogens (tertiary/aromatic N) is 3. The Kier molecular flexibility index (Phi) is 4.51. The van der Waals surface area contributed by atoms with E-state index in [2.05, 4.69) is 15.0 Å². The van der Waals surface area contributed by atoms with Crippen LogP contribution in [0.1, 0.15) is 41.7 Å². The van der Waals surface area contributed by atoms with Crippen molar-refractivity contribution < 1.29 is 4.79 Å². The zero-order chi connectivity index (χ0) is 19.0. The Hall–Kier alpha value is -2.96. The molecule has 7 nitrogen and oxygen atoms in total. The van der Waals surface area contributed by atoms with Crippen molar-refractivity contribution in [1.82, 2.24) is 24.8 Å². The molecule has 3 heterocycles. The van der Waals surface area contributed by atoms with Crippen LogP contribution in [-0.2, 0) is 11.2 Å². The highest BCUT2D eigenvalue weighted by atomic mass is 16.2. The summed E-state index contributed by atoms with van der Waals surface area (Å²) in [7, 11) is 0. The summed E-state index contributed by atoms with van der Waals surface area (Å²) < 4.78 is 0. The molecule has 0 unspecified atom stereocenters. The number of hydrogen-bond donors (Lipinski definition) is 2. The highest BCUT2D eigenvalue weighted by molar-refractivity contribution is 5.79. The zero-order valence-electron chi connectivity index (χ0n) is 15.6. The Balaban J connectivity index is 1.51. The third-order valence-electron chi connectivity index (χ3n) is 5.24. The van der Waals surface area contributed by atoms with Crippen molar-refractivity contribution in [2.24, 2.45) is 0 Å². The summed E-state index contributed by atoms with van der Waals surface area (Å²) in [4.78, 5) is 41.9. The highest BCUT2D eigenvalue weighted by Gasteiger charge is 2.27. The molecule has 1 atom stereocenters. The van der Waals surface area contributed by atoms with Gasteiger partial charge in [0.1, 0.15) is 11.6 Å². The minimum absolute atomic E-state index is 0.0323. The number of H-pyrrole nitrogens is 2. The first-order valence-corrected chi connectivity index (χ1v) is 9.30. The van der Waals surface area contributed by atoms with E-state index in [0.717, 1.165) is 29.7 Å². The smallest absolute Gasteiger partial charge is 0.254 e. The van der Waals surface area contributed by atoms with E-state index in [0.29, 0.717) is 30.2 Å². The van der Waals surface area contributed by atoms with Crippen LogP contribution in [0, 0.1) is 13.8 Å². The molecule has 0 spiro atoms. The van der Waals surface area contributed by atoms with Gasteiger partial charge in [0.05, 0.1) is 17.5 Å². The van der Waals surface area contributed by atoms with Gasteiger partial charge in [-0.3, -0.25) is 9.59 Å². The molecule has 1 aliphatic heterocycles. The van der Waals surface area contributed by atoms with E-state index in [9.17, 15) is 9.59 Å². The van der Waals surface area contributed by atoms with Crippen LogP contribution in [0.2, 0.25) is 0 Å². The molecule has 2 N–H and O–H groups in total. The van der Waals surface area contributed by atoms with E-state index < -0.39 is 0 Å². The molecule has 2 aromatic heterocycles. The number of rotatable bonds is 3. The molecule has 1 amide bonds. The molecule has 0 saturated carbocycles. The largest absolute Gasteiger partial charge is 0.342 e. The number of nitrogens with one attached hydrogen (secondary N) is 2. The van der Waals surface area contributed by atoms with Gasteiger partial charge < -0.3 is 14.9 Å². The Morgan fingerprint density at radius 1 is 1.22 bits per heavy atom. The molecule has 1 fully saturated rings. The summed E-state index contributed by atoms with van der Waals surface area (Å²) in [6.07, 6.45) is 2.01. The lowest BCUT2D eigenvalue weighted by Gasteiger charge is -2.32. The van der Waals surface area contributed by atoms with E-state index in [1.54, 1.807) is 13.8 Å². The molecule has 27 heavy (non-hydrogen) atoms. The summed E-state index contributed by atoms with van der Waals surface area (Å²) in [6.45, 7) is 4.85. The van der Waals surface area contributed by atoms with E-state index in [1.165, 1.54) is 0 Å². The molecule has 3 aromatic rings. The molecule has 7 heteroatoms. The number of amides is 1. The number of aryl methyl sites for hydroxylation is 2. The van der Waals surface area contributed by atoms with Gasteiger partial charge in [-0.2, -0.15) is 0 Å². The van der Waals surface area contributed by atoms with Crippen molar-refractivity contribution in [3.63, 3.8) is 0 Å². The fraction of sp³-hybridized carbons (Fsp3) is 0.400. The van der Waals surface area contributed by atoms with Crippen LogP contribution in [0.25, 0.3) is 11.0 Å². The van der Waals surface area contributed by atoms with Crippen molar-refractivity contribution >= 4 is 16.9 Å². The zero-order valence-corrected chi connectivity index (χ0v) is 15.6. The first kappa shape index (κ1) is 17.5. The lowest BCUT2D eigenvalue weighted by Crippen LogP contribution is -2.41. The van der Waals surface area contributed by atoms with Crippen LogP contribution in [-0.4, -0.2) is 43.8 Å². The number of likely N-dealkylation sites (tertiary alicyclic amines) is 1. The standard InChI is InChI=1S/C20H23N5O2/c1-12-15(20(27)22-13(2)21-12)10-18(26)25-9-5-6-14(11-25)19-23-16-7-3-4-8-17(16)24-19/h3-4,7-8,14H,5-6,9-11H2,1-2H3,(H,23,24)(H,21,22,27)/t14-/m0/s1. The van der Waals surface area contributed by atoms with Crippen LogP contribution >= 0.6 is 0 Å². The van der Waals surface area contributed by atoms with Gasteiger partial charge in [-0.25, -0.2) is 9.97 Å². The van der Waals surface area contributed by atoms with Crippen LogP contribution in [0.15, 0.2) is 29.1 Å². The number of carbonyl (C=O) groups excluding carboxylic acids is 1. The molecule has 0 bridgehead atoms. The Morgan fingerprint density at radius 3 is 2.81 bits per heavy atom. The van der Waals surface area contributed by atoms with E-state index in [1.807, 2.05) is 29.2 Å². The minimum Gasteiger partial charge on any atom is -0.342 e. The van der Waals surface area contributed by atoms with Crippen molar-refractivity contribution in [2.75, 3.05) is 13.1 Å². The molecule has 4 rings (SSSR count). The SMILES string of the molecule is Cc1nc(C)c(CC(=O)N2CCC[C@H](c3nc4ccccc4[nH]3)C2)c(=O)[nH]1. The predicted octanol–water partition coefficient (Wildman–Crippen LogP) is 2.21. The fourth-order valence-corrected chi connectivity index (χ4v) is 3.82. The molecule has 1 saturated heterocycles. The lowest BCUT2D eigenvalue weighted by molar-refractivity contribution is -0.131. The number of aromatic amines is 2. The van der Waals surface area contributed by atoms with Crippen LogP contribution in [0.3, 0.4) is 0 Å². The average molecular weight is 365 g/mol. The summed E-state index contributed by atoms with van der Waals surface area (Å²) in [5, 5.41) is 0. The van der Waals surface area contributed by atoms with Crippen molar-refractivity contribution in [1.29, 1.82) is 0 Å². The monoisotopic (exact) mass is 365 g/mol.